The smallest absolute Gasteiger partial charge is 0.412 e. The van der Waals surface area contributed by atoms with Crippen LogP contribution in [0.4, 0.5) is 10.5 Å². The van der Waals surface area contributed by atoms with Gasteiger partial charge in [0.05, 0.1) is 0 Å². The van der Waals surface area contributed by atoms with Gasteiger partial charge in [0, 0.05) is 5.69 Å². The minimum absolute atomic E-state index is 0.404. The van der Waals surface area contributed by atoms with E-state index in [1.165, 1.54) is 0 Å². The highest BCUT2D eigenvalue weighted by molar-refractivity contribution is 5.86. The molecule has 1 aromatic carbocycles. The van der Waals surface area contributed by atoms with Gasteiger partial charge in [0.15, 0.2) is 6.61 Å². The summed E-state index contributed by atoms with van der Waals surface area (Å²) in [6.45, 7) is 6.71. The maximum absolute atomic E-state index is 11.6. The molecule has 6 heteroatoms. The van der Waals surface area contributed by atoms with Gasteiger partial charge in [-0.2, -0.15) is 0 Å². The summed E-state index contributed by atoms with van der Waals surface area (Å²) in [7, 11) is 0. The average molecular weight is 281 g/mol. The fraction of sp³-hybridized carbons (Fsp3) is 0.429. The predicted molar refractivity (Wildman–Crippen MR) is 74.2 cm³/mol. The summed E-state index contributed by atoms with van der Waals surface area (Å²) in [5.41, 5.74) is 0.767. The van der Waals surface area contributed by atoms with E-state index in [1.54, 1.807) is 45.9 Å². The Morgan fingerprint density at radius 2 is 1.95 bits per heavy atom. The average Bonchev–Trinajstić information content (AvgIpc) is 2.27. The van der Waals surface area contributed by atoms with Crippen LogP contribution in [0.3, 0.4) is 0 Å². The van der Waals surface area contributed by atoms with Gasteiger partial charge in [0.1, 0.15) is 11.4 Å². The van der Waals surface area contributed by atoms with Crippen molar-refractivity contribution in [3.63, 3.8) is 0 Å². The maximum atomic E-state index is 11.6. The number of hydrogen-bond acceptors (Lipinski definition) is 4. The lowest BCUT2D eigenvalue weighted by atomic mass is 10.2. The Morgan fingerprint density at radius 1 is 1.30 bits per heavy atom. The molecule has 6 nitrogen and oxygen atoms in total. The molecule has 0 radical (unpaired) electrons. The van der Waals surface area contributed by atoms with Gasteiger partial charge < -0.3 is 14.6 Å². The Hall–Kier alpha value is -2.24. The number of amides is 1. The van der Waals surface area contributed by atoms with E-state index < -0.39 is 24.3 Å². The molecule has 20 heavy (non-hydrogen) atoms. The Balaban J connectivity index is 2.68. The fourth-order valence-electron chi connectivity index (χ4n) is 1.42. The monoisotopic (exact) mass is 281 g/mol. The lowest BCUT2D eigenvalue weighted by Gasteiger charge is -2.20. The molecule has 0 aliphatic heterocycles. The van der Waals surface area contributed by atoms with Crippen LogP contribution in [0.1, 0.15) is 26.3 Å². The van der Waals surface area contributed by atoms with Gasteiger partial charge in [-0.1, -0.05) is 0 Å². The molecule has 0 aliphatic carbocycles. The van der Waals surface area contributed by atoms with E-state index in [0.717, 1.165) is 5.56 Å². The number of aliphatic carboxylic acids is 1. The summed E-state index contributed by atoms with van der Waals surface area (Å²) in [4.78, 5) is 22.0. The van der Waals surface area contributed by atoms with Gasteiger partial charge in [-0.05, 0) is 51.5 Å². The third kappa shape index (κ3) is 5.60. The standard InChI is InChI=1S/C14H19NO5/c1-9-7-10(19-8-12(16)17)5-6-11(9)15-13(18)20-14(2,3)4/h5-7H,8H2,1-4H3,(H,15,18)(H,16,17). The van der Waals surface area contributed by atoms with E-state index in [4.69, 9.17) is 14.6 Å². The van der Waals surface area contributed by atoms with E-state index >= 15 is 0 Å². The highest BCUT2D eigenvalue weighted by Crippen LogP contribution is 2.22. The van der Waals surface area contributed by atoms with Crippen LogP contribution in [0.5, 0.6) is 5.75 Å². The number of carboxylic acids is 1. The van der Waals surface area contributed by atoms with Crippen LogP contribution in [-0.2, 0) is 9.53 Å². The number of carboxylic acid groups (broad SMARTS) is 1. The highest BCUT2D eigenvalue weighted by Gasteiger charge is 2.16. The van der Waals surface area contributed by atoms with Crippen LogP contribution in [-0.4, -0.2) is 29.4 Å². The third-order valence-electron chi connectivity index (χ3n) is 2.20. The molecule has 0 atom stereocenters. The second-order valence-electron chi connectivity index (χ2n) is 5.29. The van der Waals surface area contributed by atoms with Crippen molar-refractivity contribution in [3.8, 4) is 5.75 Å². The number of aryl methyl sites for hydroxylation is 1. The van der Waals surface area contributed by atoms with E-state index in [2.05, 4.69) is 5.32 Å². The number of nitrogens with one attached hydrogen (secondary N) is 1. The van der Waals surface area contributed by atoms with E-state index in [1.807, 2.05) is 0 Å². The molecule has 0 bridgehead atoms. The minimum Gasteiger partial charge on any atom is -0.482 e. The number of hydrogen-bond donors (Lipinski definition) is 2. The van der Waals surface area contributed by atoms with Crippen molar-refractivity contribution >= 4 is 17.7 Å². The zero-order valence-electron chi connectivity index (χ0n) is 12.0. The van der Waals surface area contributed by atoms with Crippen molar-refractivity contribution in [2.24, 2.45) is 0 Å². The predicted octanol–water partition coefficient (Wildman–Crippen LogP) is 2.81. The summed E-state index contributed by atoms with van der Waals surface area (Å²) < 4.78 is 10.2. The molecular weight excluding hydrogens is 262 g/mol. The van der Waals surface area contributed by atoms with Crippen molar-refractivity contribution in [2.75, 3.05) is 11.9 Å². The van der Waals surface area contributed by atoms with Crippen molar-refractivity contribution in [1.29, 1.82) is 0 Å². The Labute approximate surface area is 117 Å². The van der Waals surface area contributed by atoms with Crippen LogP contribution in [0.2, 0.25) is 0 Å². The van der Waals surface area contributed by atoms with E-state index in [0.29, 0.717) is 11.4 Å². The zero-order chi connectivity index (χ0) is 15.3. The van der Waals surface area contributed by atoms with Gasteiger partial charge in [0.2, 0.25) is 0 Å². The van der Waals surface area contributed by atoms with Crippen LogP contribution < -0.4 is 10.1 Å². The summed E-state index contributed by atoms with van der Waals surface area (Å²) >= 11 is 0. The lowest BCUT2D eigenvalue weighted by molar-refractivity contribution is -0.139. The largest absolute Gasteiger partial charge is 0.482 e. The number of ether oxygens (including phenoxy) is 2. The second kappa shape index (κ2) is 6.27. The first-order valence-electron chi connectivity index (χ1n) is 6.12. The molecule has 0 unspecified atom stereocenters. The Kier molecular flexibility index (Phi) is 4.96. The normalized spacial score (nSPS) is 10.8. The summed E-state index contributed by atoms with van der Waals surface area (Å²) in [6, 6.07) is 4.87. The zero-order valence-corrected chi connectivity index (χ0v) is 12.0. The molecule has 1 rings (SSSR count). The molecule has 0 aliphatic rings. The van der Waals surface area contributed by atoms with Crippen LogP contribution in [0, 0.1) is 6.92 Å². The number of carbonyl (C=O) groups is 2. The SMILES string of the molecule is Cc1cc(OCC(=O)O)ccc1NC(=O)OC(C)(C)C. The first-order chi connectivity index (χ1) is 9.17. The summed E-state index contributed by atoms with van der Waals surface area (Å²) in [5, 5.41) is 11.2. The van der Waals surface area contributed by atoms with E-state index in [-0.39, 0.29) is 0 Å². The molecular formula is C14H19NO5. The topological polar surface area (TPSA) is 84.9 Å². The first-order valence-corrected chi connectivity index (χ1v) is 6.12. The Morgan fingerprint density at radius 3 is 2.45 bits per heavy atom. The van der Waals surface area contributed by atoms with Gasteiger partial charge in [-0.15, -0.1) is 0 Å². The molecule has 0 aromatic heterocycles. The minimum atomic E-state index is -1.04. The van der Waals surface area contributed by atoms with Crippen LogP contribution in [0.15, 0.2) is 18.2 Å². The third-order valence-corrected chi connectivity index (χ3v) is 2.20. The molecule has 0 heterocycles. The Bertz CT molecular complexity index is 505. The quantitative estimate of drug-likeness (QED) is 0.886. The first kappa shape index (κ1) is 15.8. The second-order valence-corrected chi connectivity index (χ2v) is 5.29. The number of carbonyl (C=O) groups excluding carboxylic acids is 1. The number of rotatable bonds is 4. The van der Waals surface area contributed by atoms with Crippen LogP contribution in [0.25, 0.3) is 0 Å². The van der Waals surface area contributed by atoms with Gasteiger partial charge in [0.25, 0.3) is 0 Å². The lowest BCUT2D eigenvalue weighted by Crippen LogP contribution is -2.27. The summed E-state index contributed by atoms with van der Waals surface area (Å²) in [5.74, 6) is -0.613. The molecule has 0 fully saturated rings. The molecule has 1 aromatic rings. The summed E-state index contributed by atoms with van der Waals surface area (Å²) in [6.07, 6.45) is -0.542. The molecule has 2 N–H and O–H groups in total. The van der Waals surface area contributed by atoms with Crippen molar-refractivity contribution < 1.29 is 24.2 Å². The molecule has 0 saturated carbocycles. The van der Waals surface area contributed by atoms with Crippen molar-refractivity contribution in [3.05, 3.63) is 23.8 Å². The van der Waals surface area contributed by atoms with Gasteiger partial charge in [-0.25, -0.2) is 9.59 Å². The maximum Gasteiger partial charge on any atom is 0.412 e. The highest BCUT2D eigenvalue weighted by atomic mass is 16.6. The number of anilines is 1. The molecule has 0 saturated heterocycles. The number of benzene rings is 1. The molecule has 1 amide bonds. The molecule has 110 valence electrons. The van der Waals surface area contributed by atoms with Crippen molar-refractivity contribution in [1.82, 2.24) is 0 Å². The van der Waals surface area contributed by atoms with Crippen LogP contribution >= 0.6 is 0 Å². The van der Waals surface area contributed by atoms with Gasteiger partial charge in [-0.3, -0.25) is 5.32 Å². The van der Waals surface area contributed by atoms with E-state index in [9.17, 15) is 9.59 Å². The molecule has 0 spiro atoms. The van der Waals surface area contributed by atoms with Gasteiger partial charge >= 0.3 is 12.1 Å². The fourth-order valence-corrected chi connectivity index (χ4v) is 1.42. The van der Waals surface area contributed by atoms with Crippen molar-refractivity contribution in [2.45, 2.75) is 33.3 Å².